The molecule has 1 heterocycles. The molecular weight excluding hydrogens is 360 g/mol. The number of piperazine rings is 1. The van der Waals surface area contributed by atoms with Gasteiger partial charge >= 0.3 is 0 Å². The topological polar surface area (TPSA) is 47.6 Å². The molecule has 2 aromatic carbocycles. The van der Waals surface area contributed by atoms with Gasteiger partial charge in [-0.05, 0) is 68.4 Å². The molecule has 0 unspecified atom stereocenters. The van der Waals surface area contributed by atoms with Crippen LogP contribution in [-0.2, 0) is 4.79 Å². The van der Waals surface area contributed by atoms with Crippen molar-refractivity contribution >= 4 is 28.7 Å². The van der Waals surface area contributed by atoms with E-state index in [1.807, 2.05) is 24.3 Å². The maximum atomic E-state index is 12.4. The number of hydrogen-bond acceptors (Lipinski definition) is 4. The number of likely N-dealkylation sites (N-methyl/N-ethyl adjacent to an activating group) is 1. The quantitative estimate of drug-likeness (QED) is 0.774. The minimum Gasteiger partial charge on any atom is -0.369 e. The normalized spacial score (nSPS) is 18.4. The van der Waals surface area contributed by atoms with E-state index >= 15 is 0 Å². The van der Waals surface area contributed by atoms with Gasteiger partial charge in [-0.1, -0.05) is 19.3 Å². The molecule has 0 spiro atoms. The van der Waals surface area contributed by atoms with Crippen molar-refractivity contribution in [3.05, 3.63) is 48.5 Å². The zero-order valence-corrected chi connectivity index (χ0v) is 17.4. The highest BCUT2D eigenvalue weighted by Crippen LogP contribution is 2.26. The summed E-state index contributed by atoms with van der Waals surface area (Å²) in [6.45, 7) is 4.39. The fraction of sp³-hybridized carbons (Fsp3) is 0.458. The van der Waals surface area contributed by atoms with Crippen molar-refractivity contribution in [3.63, 3.8) is 0 Å². The SMILES string of the molecule is CN1CCN(c2ccc(Nc3ccc(NC(=O)C4CCCCC4)cc3)cc2)CC1. The lowest BCUT2D eigenvalue weighted by molar-refractivity contribution is -0.120. The van der Waals surface area contributed by atoms with Crippen LogP contribution in [0.15, 0.2) is 48.5 Å². The number of nitrogens with one attached hydrogen (secondary N) is 2. The molecule has 0 atom stereocenters. The predicted octanol–water partition coefficient (Wildman–Crippen LogP) is 4.70. The summed E-state index contributed by atoms with van der Waals surface area (Å²) in [7, 11) is 2.18. The monoisotopic (exact) mass is 392 g/mol. The fourth-order valence-corrected chi connectivity index (χ4v) is 4.23. The van der Waals surface area contributed by atoms with Gasteiger partial charge in [-0.3, -0.25) is 4.79 Å². The minimum atomic E-state index is 0.171. The summed E-state index contributed by atoms with van der Waals surface area (Å²) in [5.41, 5.74) is 4.25. The van der Waals surface area contributed by atoms with Crippen LogP contribution in [0, 0.1) is 5.92 Å². The predicted molar refractivity (Wildman–Crippen MR) is 121 cm³/mol. The number of benzene rings is 2. The van der Waals surface area contributed by atoms with E-state index in [0.29, 0.717) is 0 Å². The molecule has 5 heteroatoms. The zero-order chi connectivity index (χ0) is 20.1. The van der Waals surface area contributed by atoms with Crippen molar-refractivity contribution in [2.45, 2.75) is 32.1 Å². The summed E-state index contributed by atoms with van der Waals surface area (Å²) >= 11 is 0. The van der Waals surface area contributed by atoms with Crippen LogP contribution in [0.1, 0.15) is 32.1 Å². The second-order valence-corrected chi connectivity index (χ2v) is 8.36. The number of anilines is 4. The smallest absolute Gasteiger partial charge is 0.227 e. The molecule has 2 N–H and O–H groups in total. The lowest BCUT2D eigenvalue weighted by atomic mass is 9.88. The first-order valence-electron chi connectivity index (χ1n) is 10.9. The van der Waals surface area contributed by atoms with E-state index < -0.39 is 0 Å². The number of carbonyl (C=O) groups is 1. The van der Waals surface area contributed by atoms with Crippen molar-refractivity contribution in [2.75, 3.05) is 48.8 Å². The summed E-state index contributed by atoms with van der Waals surface area (Å²) < 4.78 is 0. The Hall–Kier alpha value is -2.53. The lowest BCUT2D eigenvalue weighted by Crippen LogP contribution is -2.44. The highest BCUT2D eigenvalue weighted by molar-refractivity contribution is 5.92. The summed E-state index contributed by atoms with van der Waals surface area (Å²) in [6, 6.07) is 16.6. The van der Waals surface area contributed by atoms with Gasteiger partial charge in [-0.2, -0.15) is 0 Å². The molecule has 0 aromatic heterocycles. The van der Waals surface area contributed by atoms with E-state index in [9.17, 15) is 4.79 Å². The molecule has 1 aliphatic carbocycles. The molecule has 0 bridgehead atoms. The van der Waals surface area contributed by atoms with Crippen molar-refractivity contribution < 1.29 is 4.79 Å². The van der Waals surface area contributed by atoms with Crippen molar-refractivity contribution in [1.29, 1.82) is 0 Å². The third-order valence-corrected chi connectivity index (χ3v) is 6.15. The van der Waals surface area contributed by atoms with Crippen LogP contribution in [0.25, 0.3) is 0 Å². The summed E-state index contributed by atoms with van der Waals surface area (Å²) in [5.74, 6) is 0.352. The van der Waals surface area contributed by atoms with Crippen LogP contribution < -0.4 is 15.5 Å². The van der Waals surface area contributed by atoms with Crippen LogP contribution in [0.5, 0.6) is 0 Å². The van der Waals surface area contributed by atoms with Crippen LogP contribution in [0.3, 0.4) is 0 Å². The van der Waals surface area contributed by atoms with Gasteiger partial charge < -0.3 is 20.4 Å². The Morgan fingerprint density at radius 2 is 1.34 bits per heavy atom. The molecule has 5 nitrogen and oxygen atoms in total. The highest BCUT2D eigenvalue weighted by Gasteiger charge is 2.21. The number of carbonyl (C=O) groups excluding carboxylic acids is 1. The summed E-state index contributed by atoms with van der Waals surface area (Å²) in [6.07, 6.45) is 5.66. The van der Waals surface area contributed by atoms with Crippen molar-refractivity contribution in [3.8, 4) is 0 Å². The van der Waals surface area contributed by atoms with Gasteiger partial charge in [0.2, 0.25) is 5.91 Å². The second-order valence-electron chi connectivity index (χ2n) is 8.36. The van der Waals surface area contributed by atoms with Gasteiger partial charge in [-0.15, -0.1) is 0 Å². The van der Waals surface area contributed by atoms with E-state index in [-0.39, 0.29) is 11.8 Å². The lowest BCUT2D eigenvalue weighted by Gasteiger charge is -2.34. The van der Waals surface area contributed by atoms with E-state index in [4.69, 9.17) is 0 Å². The minimum absolute atomic E-state index is 0.171. The Balaban J connectivity index is 1.31. The second kappa shape index (κ2) is 9.31. The molecule has 2 aromatic rings. The number of hydrogen-bond donors (Lipinski definition) is 2. The molecule has 1 amide bonds. The van der Waals surface area contributed by atoms with Crippen LogP contribution in [0.4, 0.5) is 22.7 Å². The van der Waals surface area contributed by atoms with Crippen LogP contribution in [-0.4, -0.2) is 44.0 Å². The number of amides is 1. The molecule has 2 fully saturated rings. The first-order valence-corrected chi connectivity index (χ1v) is 10.9. The Morgan fingerprint density at radius 3 is 1.97 bits per heavy atom. The molecular formula is C24H32N4O. The summed E-state index contributed by atoms with van der Waals surface area (Å²) in [5, 5.41) is 6.52. The van der Waals surface area contributed by atoms with E-state index in [0.717, 1.165) is 56.1 Å². The molecule has 1 aliphatic heterocycles. The Labute approximate surface area is 174 Å². The average Bonchev–Trinajstić information content (AvgIpc) is 2.77. The van der Waals surface area contributed by atoms with Crippen LogP contribution in [0.2, 0.25) is 0 Å². The highest BCUT2D eigenvalue weighted by atomic mass is 16.1. The van der Waals surface area contributed by atoms with Gasteiger partial charge in [0.05, 0.1) is 0 Å². The van der Waals surface area contributed by atoms with Gasteiger partial charge in [0.15, 0.2) is 0 Å². The Morgan fingerprint density at radius 1 is 0.793 bits per heavy atom. The molecule has 154 valence electrons. The van der Waals surface area contributed by atoms with Crippen molar-refractivity contribution in [1.82, 2.24) is 4.90 Å². The standard InChI is InChI=1S/C24H32N4O/c1-27-15-17-28(18-16-27)23-13-11-21(12-14-23)25-20-7-9-22(10-8-20)26-24(29)19-5-3-2-4-6-19/h7-14,19,25H,2-6,15-18H2,1H3,(H,26,29). The molecule has 0 radical (unpaired) electrons. The third kappa shape index (κ3) is 5.30. The van der Waals surface area contributed by atoms with Gasteiger partial charge in [0.25, 0.3) is 0 Å². The van der Waals surface area contributed by atoms with E-state index in [1.165, 1.54) is 24.9 Å². The fourth-order valence-electron chi connectivity index (χ4n) is 4.23. The molecule has 29 heavy (non-hydrogen) atoms. The molecule has 4 rings (SSSR count). The largest absolute Gasteiger partial charge is 0.369 e. The Kier molecular flexibility index (Phi) is 6.35. The number of rotatable bonds is 5. The Bertz CT molecular complexity index is 789. The van der Waals surface area contributed by atoms with Crippen LogP contribution >= 0.6 is 0 Å². The maximum absolute atomic E-state index is 12.4. The zero-order valence-electron chi connectivity index (χ0n) is 17.4. The third-order valence-electron chi connectivity index (χ3n) is 6.15. The van der Waals surface area contributed by atoms with Gasteiger partial charge in [-0.25, -0.2) is 0 Å². The summed E-state index contributed by atoms with van der Waals surface area (Å²) in [4.78, 5) is 17.2. The number of nitrogens with zero attached hydrogens (tertiary/aromatic N) is 2. The first kappa shape index (κ1) is 19.8. The van der Waals surface area contributed by atoms with E-state index in [1.54, 1.807) is 0 Å². The van der Waals surface area contributed by atoms with Crippen molar-refractivity contribution in [2.24, 2.45) is 5.92 Å². The van der Waals surface area contributed by atoms with Gasteiger partial charge in [0.1, 0.15) is 0 Å². The molecule has 2 aliphatic rings. The average molecular weight is 393 g/mol. The maximum Gasteiger partial charge on any atom is 0.227 e. The molecule has 1 saturated carbocycles. The first-order chi connectivity index (χ1) is 14.2. The van der Waals surface area contributed by atoms with Gasteiger partial charge in [0, 0.05) is 54.8 Å². The van der Waals surface area contributed by atoms with E-state index in [2.05, 4.69) is 51.7 Å². The molecule has 1 saturated heterocycles.